The molecule has 110 valence electrons. The monoisotopic (exact) mass is 309 g/mol. The molecule has 0 amide bonds. The molecule has 0 unspecified atom stereocenters. The Kier molecular flexibility index (Phi) is 4.20. The minimum atomic E-state index is -4.81. The maximum atomic E-state index is 10.7. The van der Waals surface area contributed by atoms with Crippen LogP contribution in [0.4, 0.5) is 0 Å². The third-order valence-electron chi connectivity index (χ3n) is 2.60. The van der Waals surface area contributed by atoms with Crippen LogP contribution in [0.5, 0.6) is 5.75 Å². The van der Waals surface area contributed by atoms with E-state index in [1.807, 2.05) is 0 Å². The molecule has 2 rings (SSSR count). The number of carboxylic acids is 1. The molecule has 0 bridgehead atoms. The fraction of sp³-hybridized carbons (Fsp3) is 0.0769. The largest absolute Gasteiger partial charge is 0.716 e. The van der Waals surface area contributed by atoms with Gasteiger partial charge in [-0.05, 0) is 18.2 Å². The highest BCUT2D eigenvalue weighted by molar-refractivity contribution is 7.81. The summed E-state index contributed by atoms with van der Waals surface area (Å²) in [5.74, 6) is -1.10. The van der Waals surface area contributed by atoms with Crippen molar-refractivity contribution in [3.8, 4) is 5.75 Å². The molecule has 0 fully saturated rings. The van der Waals surface area contributed by atoms with E-state index in [1.165, 1.54) is 30.5 Å². The van der Waals surface area contributed by atoms with Crippen LogP contribution in [0, 0.1) is 0 Å². The fourth-order valence-corrected chi connectivity index (χ4v) is 2.06. The van der Waals surface area contributed by atoms with Crippen molar-refractivity contribution in [3.63, 3.8) is 0 Å². The van der Waals surface area contributed by atoms with Gasteiger partial charge in [-0.3, -0.25) is 0 Å². The number of aromatic carboxylic acids is 1. The van der Waals surface area contributed by atoms with Gasteiger partial charge in [0.05, 0.1) is 5.56 Å². The van der Waals surface area contributed by atoms with E-state index in [1.54, 1.807) is 22.9 Å². The van der Waals surface area contributed by atoms with Gasteiger partial charge in [0.25, 0.3) is 10.4 Å². The minimum absolute atomic E-state index is 0.0883. The molecule has 0 aliphatic carbocycles. The number of benzene rings is 1. The Morgan fingerprint density at radius 3 is 2.48 bits per heavy atom. The van der Waals surface area contributed by atoms with Gasteiger partial charge in [-0.2, -0.15) is 4.57 Å². The lowest BCUT2D eigenvalue weighted by molar-refractivity contribution is -0.688. The van der Waals surface area contributed by atoms with Crippen molar-refractivity contribution < 1.29 is 31.6 Å². The van der Waals surface area contributed by atoms with Crippen molar-refractivity contribution >= 4 is 16.4 Å². The van der Waals surface area contributed by atoms with Gasteiger partial charge in [-0.15, -0.1) is 0 Å². The predicted molar refractivity (Wildman–Crippen MR) is 69.5 cm³/mol. The topological polar surface area (TPSA) is 108 Å². The number of carboxylic acid groups (broad SMARTS) is 1. The quantitative estimate of drug-likeness (QED) is 0.491. The van der Waals surface area contributed by atoms with Crippen LogP contribution in [0.15, 0.2) is 48.8 Å². The van der Waals surface area contributed by atoms with E-state index in [-0.39, 0.29) is 11.3 Å². The van der Waals surface area contributed by atoms with Crippen molar-refractivity contribution in [2.75, 3.05) is 0 Å². The number of rotatable bonds is 5. The maximum Gasteiger partial charge on any atom is 0.335 e. The van der Waals surface area contributed by atoms with E-state index in [0.29, 0.717) is 6.54 Å². The molecule has 0 saturated carbocycles. The molecule has 1 N–H and O–H groups in total. The van der Waals surface area contributed by atoms with Crippen LogP contribution in [0.2, 0.25) is 0 Å². The number of hydrogen-bond donors (Lipinski definition) is 1. The minimum Gasteiger partial charge on any atom is -0.716 e. The van der Waals surface area contributed by atoms with E-state index >= 15 is 0 Å². The van der Waals surface area contributed by atoms with Gasteiger partial charge in [-0.1, -0.05) is 12.1 Å². The van der Waals surface area contributed by atoms with Crippen LogP contribution >= 0.6 is 0 Å². The summed E-state index contributed by atoms with van der Waals surface area (Å²) >= 11 is 0. The van der Waals surface area contributed by atoms with E-state index in [4.69, 9.17) is 5.11 Å². The van der Waals surface area contributed by atoms with Crippen LogP contribution in [0.25, 0.3) is 0 Å². The number of carbonyl (C=O) groups is 1. The molecule has 0 aliphatic heterocycles. The Hall–Kier alpha value is -2.45. The van der Waals surface area contributed by atoms with Crippen LogP contribution in [-0.4, -0.2) is 24.0 Å². The zero-order valence-electron chi connectivity index (χ0n) is 10.7. The van der Waals surface area contributed by atoms with Crippen molar-refractivity contribution in [2.45, 2.75) is 6.54 Å². The summed E-state index contributed by atoms with van der Waals surface area (Å²) in [7, 11) is -4.81. The molecule has 21 heavy (non-hydrogen) atoms. The molecule has 2 aromatic rings. The van der Waals surface area contributed by atoms with Crippen molar-refractivity contribution in [3.05, 3.63) is 59.9 Å². The molecule has 0 radical (unpaired) electrons. The average Bonchev–Trinajstić information content (AvgIpc) is 2.37. The smallest absolute Gasteiger partial charge is 0.335 e. The molecule has 0 saturated heterocycles. The van der Waals surface area contributed by atoms with Crippen LogP contribution in [0.1, 0.15) is 15.9 Å². The number of hydrogen-bond acceptors (Lipinski definition) is 5. The van der Waals surface area contributed by atoms with Gasteiger partial charge < -0.3 is 13.8 Å². The second-order valence-electron chi connectivity index (χ2n) is 4.21. The molecular weight excluding hydrogens is 298 g/mol. The summed E-state index contributed by atoms with van der Waals surface area (Å²) in [5, 5.41) is 8.80. The zero-order chi connectivity index (χ0) is 15.5. The molecule has 0 spiro atoms. The summed E-state index contributed by atoms with van der Waals surface area (Å²) < 4.78 is 37.4. The van der Waals surface area contributed by atoms with E-state index in [0.717, 1.165) is 5.56 Å². The van der Waals surface area contributed by atoms with Crippen molar-refractivity contribution in [1.29, 1.82) is 0 Å². The first-order valence-corrected chi connectivity index (χ1v) is 7.13. The predicted octanol–water partition coefficient (Wildman–Crippen LogP) is 0.560. The first-order valence-electron chi connectivity index (χ1n) is 5.80. The van der Waals surface area contributed by atoms with Gasteiger partial charge in [-0.25, -0.2) is 13.2 Å². The van der Waals surface area contributed by atoms with Crippen LogP contribution in [0.3, 0.4) is 0 Å². The third kappa shape index (κ3) is 4.55. The molecule has 8 heteroatoms. The molecular formula is C13H11NO6S. The SMILES string of the molecule is O=C(O)c1ccc(C[n+]2cccc(OS(=O)(=O)[O-])c2)cc1. The van der Waals surface area contributed by atoms with Gasteiger partial charge in [0, 0.05) is 11.6 Å². The van der Waals surface area contributed by atoms with Gasteiger partial charge >= 0.3 is 5.97 Å². The van der Waals surface area contributed by atoms with E-state index in [2.05, 4.69) is 4.18 Å². The van der Waals surface area contributed by atoms with Gasteiger partial charge in [0.1, 0.15) is 0 Å². The van der Waals surface area contributed by atoms with Crippen LogP contribution < -0.4 is 8.75 Å². The second kappa shape index (κ2) is 5.90. The summed E-state index contributed by atoms with van der Waals surface area (Å²) in [6.45, 7) is 0.371. The Morgan fingerprint density at radius 2 is 1.90 bits per heavy atom. The standard InChI is InChI=1S/C13H11NO6S/c15-13(16)11-5-3-10(4-6-11)8-14-7-1-2-12(9-14)20-21(17,18)19/h1-7,9H,8H2,(H-,15,16,17,18,19). The Morgan fingerprint density at radius 1 is 1.24 bits per heavy atom. The first-order chi connectivity index (χ1) is 9.83. The summed E-state index contributed by atoms with van der Waals surface area (Å²) in [4.78, 5) is 10.7. The third-order valence-corrected chi connectivity index (χ3v) is 2.99. The normalized spacial score (nSPS) is 11.1. The summed E-state index contributed by atoms with van der Waals surface area (Å²) in [5.41, 5.74) is 0.991. The lowest BCUT2D eigenvalue weighted by Crippen LogP contribution is -2.33. The molecule has 1 aromatic carbocycles. The first kappa shape index (κ1) is 14.9. The number of aromatic nitrogens is 1. The fourth-order valence-electron chi connectivity index (χ4n) is 1.73. The maximum absolute atomic E-state index is 10.7. The van der Waals surface area contributed by atoms with Gasteiger partial charge in [0.15, 0.2) is 12.7 Å². The summed E-state index contributed by atoms with van der Waals surface area (Å²) in [6.07, 6.45) is 3.02. The van der Waals surface area contributed by atoms with Crippen molar-refractivity contribution in [2.24, 2.45) is 0 Å². The lowest BCUT2D eigenvalue weighted by Gasteiger charge is -2.07. The molecule has 0 atom stereocenters. The van der Waals surface area contributed by atoms with E-state index < -0.39 is 16.4 Å². The van der Waals surface area contributed by atoms with Gasteiger partial charge in [0.2, 0.25) is 11.9 Å². The zero-order valence-corrected chi connectivity index (χ0v) is 11.5. The molecule has 1 aromatic heterocycles. The molecule has 7 nitrogen and oxygen atoms in total. The van der Waals surface area contributed by atoms with E-state index in [9.17, 15) is 17.8 Å². The highest BCUT2D eigenvalue weighted by Crippen LogP contribution is 2.09. The Labute approximate surface area is 121 Å². The Bertz CT molecular complexity index is 754. The highest BCUT2D eigenvalue weighted by atomic mass is 32.3. The number of pyridine rings is 1. The lowest BCUT2D eigenvalue weighted by atomic mass is 10.1. The Balaban J connectivity index is 2.16. The highest BCUT2D eigenvalue weighted by Gasteiger charge is 2.08. The average molecular weight is 309 g/mol. The number of nitrogens with zero attached hydrogens (tertiary/aromatic N) is 1. The molecule has 1 heterocycles. The van der Waals surface area contributed by atoms with Crippen LogP contribution in [-0.2, 0) is 16.9 Å². The van der Waals surface area contributed by atoms with Crippen molar-refractivity contribution in [1.82, 2.24) is 0 Å². The summed E-state index contributed by atoms with van der Waals surface area (Å²) in [6, 6.07) is 9.12. The molecule has 0 aliphatic rings. The second-order valence-corrected chi connectivity index (χ2v) is 5.19.